The van der Waals surface area contributed by atoms with Gasteiger partial charge >= 0.3 is 0 Å². The minimum Gasteiger partial charge on any atom is -0.506 e. The van der Waals surface area contributed by atoms with Gasteiger partial charge in [0.2, 0.25) is 0 Å². The Hall–Kier alpha value is -3.32. The van der Waals surface area contributed by atoms with Crippen LogP contribution in [0.25, 0.3) is 0 Å². The molecule has 0 saturated carbocycles. The van der Waals surface area contributed by atoms with Crippen LogP contribution in [-0.2, 0) is 32.9 Å². The van der Waals surface area contributed by atoms with Crippen LogP contribution in [0.5, 0.6) is 5.75 Å². The van der Waals surface area contributed by atoms with Gasteiger partial charge in [0.05, 0.1) is 5.69 Å². The van der Waals surface area contributed by atoms with Gasteiger partial charge in [0.25, 0.3) is 5.91 Å². The number of aromatic nitrogens is 2. The lowest BCUT2D eigenvalue weighted by Gasteiger charge is -2.41. The number of fused-ring (bicyclic) bond motifs is 2. The Morgan fingerprint density at radius 1 is 0.943 bits per heavy atom. The van der Waals surface area contributed by atoms with Crippen LogP contribution < -0.4 is 4.90 Å². The first-order valence-electron chi connectivity index (χ1n) is 12.8. The largest absolute Gasteiger partial charge is 0.506 e. The SMILES string of the molecule is Cn1nc(C(=O)N2CCc3ccccc3C2)c2c1CCC(N1CCN(c3ccccc3O)CC1)C2. The topological polar surface area (TPSA) is 64.8 Å². The second-order valence-electron chi connectivity index (χ2n) is 10.1. The first-order valence-corrected chi connectivity index (χ1v) is 12.8. The third-order valence-corrected chi connectivity index (χ3v) is 8.10. The molecule has 2 aliphatic heterocycles. The molecule has 3 aliphatic rings. The fourth-order valence-corrected chi connectivity index (χ4v) is 6.13. The number of carbonyl (C=O) groups excluding carboxylic acids is 1. The summed E-state index contributed by atoms with van der Waals surface area (Å²) in [5.74, 6) is 0.420. The van der Waals surface area contributed by atoms with Crippen molar-refractivity contribution in [3.8, 4) is 5.75 Å². The molecule has 7 nitrogen and oxygen atoms in total. The number of hydrogen-bond donors (Lipinski definition) is 1. The molecule has 7 heteroatoms. The Kier molecular flexibility index (Phi) is 5.72. The molecule has 3 aromatic rings. The average Bonchev–Trinajstić information content (AvgIpc) is 3.24. The summed E-state index contributed by atoms with van der Waals surface area (Å²) in [6, 6.07) is 16.4. The Morgan fingerprint density at radius 3 is 2.49 bits per heavy atom. The average molecular weight is 472 g/mol. The number of rotatable bonds is 3. The molecular weight excluding hydrogens is 438 g/mol. The predicted octanol–water partition coefficient (Wildman–Crippen LogP) is 3.00. The summed E-state index contributed by atoms with van der Waals surface area (Å²) in [7, 11) is 1.98. The normalized spacial score (nSPS) is 20.4. The second-order valence-corrected chi connectivity index (χ2v) is 10.1. The number of nitrogens with zero attached hydrogens (tertiary/aromatic N) is 5. The van der Waals surface area contributed by atoms with Crippen molar-refractivity contribution in [2.75, 3.05) is 37.6 Å². The highest BCUT2D eigenvalue weighted by Crippen LogP contribution is 2.31. The van der Waals surface area contributed by atoms with E-state index in [1.54, 1.807) is 6.07 Å². The fraction of sp³-hybridized carbons (Fsp3) is 0.429. The number of carbonyl (C=O) groups is 1. The van der Waals surface area contributed by atoms with E-state index in [0.717, 1.165) is 69.7 Å². The molecule has 0 bridgehead atoms. The molecule has 1 atom stereocenters. The molecule has 1 amide bonds. The molecule has 0 spiro atoms. The summed E-state index contributed by atoms with van der Waals surface area (Å²) in [5.41, 5.74) is 6.53. The van der Waals surface area contributed by atoms with E-state index in [1.807, 2.05) is 34.8 Å². The molecule has 1 unspecified atom stereocenters. The summed E-state index contributed by atoms with van der Waals surface area (Å²) >= 11 is 0. The Morgan fingerprint density at radius 2 is 1.69 bits per heavy atom. The molecule has 6 rings (SSSR count). The molecule has 1 N–H and O–H groups in total. The van der Waals surface area contributed by atoms with Crippen molar-refractivity contribution in [2.24, 2.45) is 7.05 Å². The number of para-hydroxylation sites is 2. The molecular formula is C28H33N5O2. The third-order valence-electron chi connectivity index (χ3n) is 8.10. The highest BCUT2D eigenvalue weighted by Gasteiger charge is 2.34. The zero-order chi connectivity index (χ0) is 23.9. The predicted molar refractivity (Wildman–Crippen MR) is 136 cm³/mol. The molecule has 182 valence electrons. The summed E-state index contributed by atoms with van der Waals surface area (Å²) in [6.07, 6.45) is 3.83. The van der Waals surface area contributed by atoms with Gasteiger partial charge in [0, 0.05) is 63.6 Å². The fourth-order valence-electron chi connectivity index (χ4n) is 6.13. The van der Waals surface area contributed by atoms with Crippen LogP contribution in [0.15, 0.2) is 48.5 Å². The number of aromatic hydroxyl groups is 1. The molecule has 1 fully saturated rings. The molecule has 1 aliphatic carbocycles. The standard InChI is InChI=1S/C28H33N5O2/c1-30-24-11-10-22(31-14-16-32(17-15-31)25-8-4-5-9-26(25)34)18-23(24)27(29-30)28(35)33-13-12-20-6-2-3-7-21(20)19-33/h2-9,22,34H,10-19H2,1H3. The number of benzene rings is 2. The highest BCUT2D eigenvalue weighted by atomic mass is 16.3. The van der Waals surface area contributed by atoms with Gasteiger partial charge in [-0.15, -0.1) is 0 Å². The van der Waals surface area contributed by atoms with Gasteiger partial charge < -0.3 is 14.9 Å². The van der Waals surface area contributed by atoms with Crippen LogP contribution in [-0.4, -0.2) is 69.4 Å². The molecule has 2 aromatic carbocycles. The summed E-state index contributed by atoms with van der Waals surface area (Å²) in [6.45, 7) is 5.12. The Balaban J connectivity index is 1.16. The van der Waals surface area contributed by atoms with Crippen LogP contribution in [0, 0.1) is 0 Å². The van der Waals surface area contributed by atoms with Crippen molar-refractivity contribution in [1.82, 2.24) is 19.6 Å². The molecule has 1 saturated heterocycles. The monoisotopic (exact) mass is 471 g/mol. The minimum absolute atomic E-state index is 0.0707. The minimum atomic E-state index is 0.0707. The zero-order valence-corrected chi connectivity index (χ0v) is 20.4. The van der Waals surface area contributed by atoms with E-state index in [0.29, 0.717) is 24.0 Å². The van der Waals surface area contributed by atoms with Crippen LogP contribution in [0.1, 0.15) is 39.3 Å². The second kappa shape index (κ2) is 9.04. The van der Waals surface area contributed by atoms with Gasteiger partial charge in [-0.1, -0.05) is 36.4 Å². The van der Waals surface area contributed by atoms with Crippen molar-refractivity contribution in [1.29, 1.82) is 0 Å². The molecule has 1 aromatic heterocycles. The zero-order valence-electron chi connectivity index (χ0n) is 20.4. The first-order chi connectivity index (χ1) is 17.1. The maximum absolute atomic E-state index is 13.6. The van der Waals surface area contributed by atoms with E-state index < -0.39 is 0 Å². The van der Waals surface area contributed by atoms with Gasteiger partial charge in [0.1, 0.15) is 5.75 Å². The van der Waals surface area contributed by atoms with Gasteiger partial charge in [-0.25, -0.2) is 0 Å². The van der Waals surface area contributed by atoms with Gasteiger partial charge in [-0.3, -0.25) is 14.4 Å². The number of amides is 1. The van der Waals surface area contributed by atoms with E-state index in [1.165, 1.54) is 16.8 Å². The Labute approximate surface area is 206 Å². The van der Waals surface area contributed by atoms with Crippen molar-refractivity contribution in [2.45, 2.75) is 38.3 Å². The van der Waals surface area contributed by atoms with Crippen LogP contribution in [0.2, 0.25) is 0 Å². The van der Waals surface area contributed by atoms with Crippen molar-refractivity contribution >= 4 is 11.6 Å². The lowest BCUT2D eigenvalue weighted by molar-refractivity contribution is 0.0726. The van der Waals surface area contributed by atoms with E-state index in [9.17, 15) is 9.90 Å². The van der Waals surface area contributed by atoms with Gasteiger partial charge in [0.15, 0.2) is 5.69 Å². The number of phenolic OH excluding ortho intramolecular Hbond substituents is 1. The number of phenols is 1. The lowest BCUT2D eigenvalue weighted by Crippen LogP contribution is -2.52. The summed E-state index contributed by atoms with van der Waals surface area (Å²) < 4.78 is 1.94. The lowest BCUT2D eigenvalue weighted by atomic mass is 9.89. The smallest absolute Gasteiger partial charge is 0.274 e. The van der Waals surface area contributed by atoms with Crippen molar-refractivity contribution in [3.05, 3.63) is 76.6 Å². The highest BCUT2D eigenvalue weighted by molar-refractivity contribution is 5.94. The van der Waals surface area contributed by atoms with Gasteiger partial charge in [-0.2, -0.15) is 5.10 Å². The van der Waals surface area contributed by atoms with Crippen molar-refractivity contribution in [3.63, 3.8) is 0 Å². The Bertz CT molecular complexity index is 1240. The molecule has 35 heavy (non-hydrogen) atoms. The van der Waals surface area contributed by atoms with E-state index in [4.69, 9.17) is 5.10 Å². The van der Waals surface area contributed by atoms with Crippen LogP contribution in [0.3, 0.4) is 0 Å². The van der Waals surface area contributed by atoms with E-state index in [2.05, 4.69) is 34.1 Å². The molecule has 0 radical (unpaired) electrons. The maximum atomic E-state index is 13.6. The quantitative estimate of drug-likeness (QED) is 0.636. The van der Waals surface area contributed by atoms with E-state index in [-0.39, 0.29) is 5.91 Å². The van der Waals surface area contributed by atoms with Crippen molar-refractivity contribution < 1.29 is 9.90 Å². The maximum Gasteiger partial charge on any atom is 0.274 e. The third kappa shape index (κ3) is 4.08. The van der Waals surface area contributed by atoms with Crippen LogP contribution in [0.4, 0.5) is 5.69 Å². The number of aryl methyl sites for hydroxylation is 1. The summed E-state index contributed by atoms with van der Waals surface area (Å²) in [5, 5.41) is 15.0. The number of anilines is 1. The number of hydrogen-bond acceptors (Lipinski definition) is 5. The molecule has 3 heterocycles. The van der Waals surface area contributed by atoms with E-state index >= 15 is 0 Å². The first kappa shape index (κ1) is 22.2. The number of piperazine rings is 1. The van der Waals surface area contributed by atoms with Gasteiger partial charge in [-0.05, 0) is 48.9 Å². The summed E-state index contributed by atoms with van der Waals surface area (Å²) in [4.78, 5) is 20.4. The van der Waals surface area contributed by atoms with Crippen LogP contribution >= 0.6 is 0 Å².